The van der Waals surface area contributed by atoms with Crippen molar-refractivity contribution in [2.45, 2.75) is 27.2 Å². The van der Waals surface area contributed by atoms with Crippen LogP contribution in [0.2, 0.25) is 0 Å². The van der Waals surface area contributed by atoms with Crippen LogP contribution in [0.3, 0.4) is 0 Å². The quantitative estimate of drug-likeness (QED) is 0.462. The molecule has 1 aromatic rings. The Labute approximate surface area is 120 Å². The maximum absolute atomic E-state index is 11.6. The van der Waals surface area contributed by atoms with Gasteiger partial charge in [0, 0.05) is 17.2 Å². The van der Waals surface area contributed by atoms with Gasteiger partial charge in [-0.1, -0.05) is 4.49 Å². The predicted molar refractivity (Wildman–Crippen MR) is 73.8 cm³/mol. The largest absolute Gasteiger partial charge is 0.466 e. The lowest BCUT2D eigenvalue weighted by Gasteiger charge is -2.03. The van der Waals surface area contributed by atoms with Crippen molar-refractivity contribution in [3.63, 3.8) is 0 Å². The second-order valence-electron chi connectivity index (χ2n) is 3.61. The van der Waals surface area contributed by atoms with Crippen LogP contribution in [0.5, 0.6) is 0 Å². The minimum Gasteiger partial charge on any atom is -0.466 e. The second-order valence-corrected chi connectivity index (χ2v) is 4.37. The molecule has 1 rings (SSSR count). The van der Waals surface area contributed by atoms with E-state index in [1.807, 2.05) is 0 Å². The molecule has 0 aromatic carbocycles. The van der Waals surface area contributed by atoms with Gasteiger partial charge in [0.05, 0.1) is 19.6 Å². The average molecular weight is 300 g/mol. The lowest BCUT2D eigenvalue weighted by molar-refractivity contribution is -0.141. The molecule has 0 spiro atoms. The Hall–Kier alpha value is -2.03. The minimum absolute atomic E-state index is 0.0712. The van der Waals surface area contributed by atoms with Crippen molar-refractivity contribution < 1.29 is 19.1 Å². The van der Waals surface area contributed by atoms with Crippen molar-refractivity contribution in [2.24, 2.45) is 5.10 Å². The second kappa shape index (κ2) is 8.20. The summed E-state index contributed by atoms with van der Waals surface area (Å²) < 4.78 is 13.3. The number of esters is 2. The zero-order chi connectivity index (χ0) is 15.0. The monoisotopic (exact) mass is 300 g/mol. The van der Waals surface area contributed by atoms with Crippen molar-refractivity contribution >= 4 is 34.2 Å². The van der Waals surface area contributed by atoms with Gasteiger partial charge in [-0.05, 0) is 20.8 Å². The Bertz CT molecular complexity index is 500. The smallest absolute Gasteiger partial charge is 0.362 e. The highest BCUT2D eigenvalue weighted by atomic mass is 32.1. The van der Waals surface area contributed by atoms with Gasteiger partial charge in [-0.25, -0.2) is 4.79 Å². The summed E-state index contributed by atoms with van der Waals surface area (Å²) in [5.74, 6) is -0.925. The van der Waals surface area contributed by atoms with E-state index in [-0.39, 0.29) is 24.7 Å². The van der Waals surface area contributed by atoms with Gasteiger partial charge in [0.15, 0.2) is 5.00 Å². The van der Waals surface area contributed by atoms with E-state index in [0.29, 0.717) is 17.3 Å². The van der Waals surface area contributed by atoms with Gasteiger partial charge in [0.1, 0.15) is 0 Å². The third-order valence-electron chi connectivity index (χ3n) is 2.01. The van der Waals surface area contributed by atoms with Gasteiger partial charge in [0.2, 0.25) is 5.69 Å². The zero-order valence-corrected chi connectivity index (χ0v) is 12.3. The SMILES string of the molecule is CCOC(=O)C/C(C)=N\Nc1snnc1C(=O)OCC. The van der Waals surface area contributed by atoms with E-state index in [9.17, 15) is 9.59 Å². The van der Waals surface area contributed by atoms with Crippen LogP contribution in [0.1, 0.15) is 37.7 Å². The number of aromatic nitrogens is 2. The molecule has 1 heterocycles. The number of nitrogens with zero attached hydrogens (tertiary/aromatic N) is 3. The van der Waals surface area contributed by atoms with E-state index < -0.39 is 5.97 Å². The molecule has 0 aliphatic carbocycles. The first-order chi connectivity index (χ1) is 9.58. The van der Waals surface area contributed by atoms with Crippen LogP contribution in [-0.4, -0.2) is 40.5 Å². The number of carbonyl (C=O) groups is 2. The summed E-state index contributed by atoms with van der Waals surface area (Å²) in [5, 5.41) is 8.02. The molecular weight excluding hydrogens is 284 g/mol. The summed E-state index contributed by atoms with van der Waals surface area (Å²) in [6, 6.07) is 0. The zero-order valence-electron chi connectivity index (χ0n) is 11.5. The number of nitrogens with one attached hydrogen (secondary N) is 1. The fourth-order valence-corrected chi connectivity index (χ4v) is 1.70. The number of rotatable bonds is 7. The number of carbonyl (C=O) groups excluding carboxylic acids is 2. The summed E-state index contributed by atoms with van der Waals surface area (Å²) in [4.78, 5) is 22.8. The Morgan fingerprint density at radius 3 is 2.65 bits per heavy atom. The van der Waals surface area contributed by atoms with Crippen molar-refractivity contribution in [1.82, 2.24) is 9.59 Å². The molecule has 0 aliphatic rings. The fraction of sp³-hybridized carbons (Fsp3) is 0.545. The van der Waals surface area contributed by atoms with Gasteiger partial charge < -0.3 is 9.47 Å². The van der Waals surface area contributed by atoms with Crippen molar-refractivity contribution in [2.75, 3.05) is 18.6 Å². The highest BCUT2D eigenvalue weighted by molar-refractivity contribution is 7.10. The van der Waals surface area contributed by atoms with Crippen LogP contribution in [0.4, 0.5) is 5.00 Å². The Balaban J connectivity index is 2.63. The molecule has 1 N–H and O–H groups in total. The molecule has 0 fully saturated rings. The lowest BCUT2D eigenvalue weighted by atomic mass is 10.3. The van der Waals surface area contributed by atoms with Crippen LogP contribution in [0.15, 0.2) is 5.10 Å². The lowest BCUT2D eigenvalue weighted by Crippen LogP contribution is -2.11. The number of hydrogen-bond acceptors (Lipinski definition) is 9. The molecule has 0 radical (unpaired) electrons. The van der Waals surface area contributed by atoms with Gasteiger partial charge in [0.25, 0.3) is 0 Å². The predicted octanol–water partition coefficient (Wildman–Crippen LogP) is 1.46. The molecule has 0 saturated carbocycles. The normalized spacial score (nSPS) is 11.1. The maximum atomic E-state index is 11.6. The molecule has 0 unspecified atom stereocenters. The standard InChI is InChI=1S/C11H16N4O4S/c1-4-18-8(16)6-7(3)12-14-10-9(13-15-20-10)11(17)19-5-2/h14H,4-6H2,1-3H3/b12-7-. The van der Waals surface area contributed by atoms with E-state index >= 15 is 0 Å². The summed E-state index contributed by atoms with van der Waals surface area (Å²) in [7, 11) is 0. The van der Waals surface area contributed by atoms with Crippen LogP contribution in [-0.2, 0) is 14.3 Å². The summed E-state index contributed by atoms with van der Waals surface area (Å²) in [6.45, 7) is 5.68. The van der Waals surface area contributed by atoms with E-state index in [2.05, 4.69) is 20.1 Å². The average Bonchev–Trinajstić information content (AvgIpc) is 2.85. The summed E-state index contributed by atoms with van der Waals surface area (Å²) >= 11 is 0.979. The van der Waals surface area contributed by atoms with E-state index in [4.69, 9.17) is 9.47 Å². The topological polar surface area (TPSA) is 103 Å². The van der Waals surface area contributed by atoms with Crippen LogP contribution in [0, 0.1) is 0 Å². The maximum Gasteiger partial charge on any atom is 0.362 e. The first kappa shape index (κ1) is 16.0. The van der Waals surface area contributed by atoms with E-state index in [1.54, 1.807) is 20.8 Å². The van der Waals surface area contributed by atoms with Gasteiger partial charge in [-0.3, -0.25) is 10.2 Å². The highest BCUT2D eigenvalue weighted by Crippen LogP contribution is 2.18. The molecule has 0 bridgehead atoms. The number of ether oxygens (including phenoxy) is 2. The number of hydrogen-bond donors (Lipinski definition) is 1. The van der Waals surface area contributed by atoms with Gasteiger partial charge >= 0.3 is 11.9 Å². The third-order valence-corrected chi connectivity index (χ3v) is 2.64. The molecule has 0 amide bonds. The Morgan fingerprint density at radius 2 is 2.00 bits per heavy atom. The van der Waals surface area contributed by atoms with E-state index in [0.717, 1.165) is 11.5 Å². The molecule has 0 saturated heterocycles. The van der Waals surface area contributed by atoms with Crippen molar-refractivity contribution in [3.05, 3.63) is 5.69 Å². The molecule has 0 aliphatic heterocycles. The van der Waals surface area contributed by atoms with Crippen LogP contribution in [0.25, 0.3) is 0 Å². The van der Waals surface area contributed by atoms with Crippen molar-refractivity contribution in [1.29, 1.82) is 0 Å². The molecule has 110 valence electrons. The third kappa shape index (κ3) is 4.92. The van der Waals surface area contributed by atoms with Crippen LogP contribution >= 0.6 is 11.5 Å². The first-order valence-corrected chi connectivity index (χ1v) is 6.80. The van der Waals surface area contributed by atoms with Gasteiger partial charge in [-0.15, -0.1) is 5.10 Å². The fourth-order valence-electron chi connectivity index (χ4n) is 1.20. The van der Waals surface area contributed by atoms with Crippen molar-refractivity contribution in [3.8, 4) is 0 Å². The van der Waals surface area contributed by atoms with Gasteiger partial charge in [-0.2, -0.15) is 5.10 Å². The van der Waals surface area contributed by atoms with E-state index in [1.165, 1.54) is 0 Å². The molecule has 9 heteroatoms. The first-order valence-electron chi connectivity index (χ1n) is 6.02. The highest BCUT2D eigenvalue weighted by Gasteiger charge is 2.17. The van der Waals surface area contributed by atoms with Crippen LogP contribution < -0.4 is 5.43 Å². The minimum atomic E-state index is -0.568. The number of anilines is 1. The summed E-state index contributed by atoms with van der Waals surface area (Å²) in [6.07, 6.45) is 0.0712. The Morgan fingerprint density at radius 1 is 1.30 bits per heavy atom. The molecule has 0 atom stereocenters. The number of hydrazone groups is 1. The Kier molecular flexibility index (Phi) is 6.57. The molecule has 1 aromatic heterocycles. The summed E-state index contributed by atoms with van der Waals surface area (Å²) in [5.41, 5.74) is 3.25. The molecule has 20 heavy (non-hydrogen) atoms. The molecular formula is C11H16N4O4S. The molecule has 8 nitrogen and oxygen atoms in total.